The molecule has 0 radical (unpaired) electrons. The van der Waals surface area contributed by atoms with E-state index in [2.05, 4.69) is 20.8 Å². The highest BCUT2D eigenvalue weighted by Gasteiger charge is 2.13. The predicted molar refractivity (Wildman–Crippen MR) is 64.5 cm³/mol. The average molecular weight is 219 g/mol. The Hall–Kier alpha value is -1.51. The van der Waals surface area contributed by atoms with Crippen LogP contribution in [0.3, 0.4) is 0 Å². The molecular formula is C13H17NO2. The molecule has 1 heterocycles. The van der Waals surface area contributed by atoms with Crippen molar-refractivity contribution in [3.63, 3.8) is 0 Å². The first-order valence-corrected chi connectivity index (χ1v) is 5.56. The third-order valence-corrected chi connectivity index (χ3v) is 2.66. The molecule has 0 saturated carbocycles. The summed E-state index contributed by atoms with van der Waals surface area (Å²) < 4.78 is 6.88. The van der Waals surface area contributed by atoms with Crippen LogP contribution in [0.15, 0.2) is 33.5 Å². The highest BCUT2D eigenvalue weighted by molar-refractivity contribution is 5.72. The van der Waals surface area contributed by atoms with E-state index >= 15 is 0 Å². The van der Waals surface area contributed by atoms with E-state index in [1.807, 2.05) is 24.3 Å². The molecule has 0 aliphatic heterocycles. The van der Waals surface area contributed by atoms with Gasteiger partial charge in [0.2, 0.25) is 0 Å². The first kappa shape index (κ1) is 11.0. The largest absolute Gasteiger partial charge is 0.419 e. The fourth-order valence-electron chi connectivity index (χ4n) is 1.67. The molecule has 0 unspecified atom stereocenters. The first-order valence-electron chi connectivity index (χ1n) is 5.56. The number of benzene rings is 1. The van der Waals surface area contributed by atoms with E-state index < -0.39 is 0 Å². The molecule has 0 aliphatic carbocycles. The molecule has 86 valence electrons. The summed E-state index contributed by atoms with van der Waals surface area (Å²) in [6.07, 6.45) is 0.955. The molecule has 0 amide bonds. The van der Waals surface area contributed by atoms with Crippen molar-refractivity contribution in [2.75, 3.05) is 0 Å². The molecule has 0 N–H and O–H groups in total. The van der Waals surface area contributed by atoms with Crippen LogP contribution in [0.5, 0.6) is 0 Å². The van der Waals surface area contributed by atoms with Gasteiger partial charge in [-0.15, -0.1) is 0 Å². The fourth-order valence-corrected chi connectivity index (χ4v) is 1.67. The number of para-hydroxylation sites is 2. The summed E-state index contributed by atoms with van der Waals surface area (Å²) >= 11 is 0. The lowest BCUT2D eigenvalue weighted by atomic mass is 9.92. The number of hydrogen-bond donors (Lipinski definition) is 0. The second-order valence-corrected chi connectivity index (χ2v) is 5.30. The fraction of sp³-hybridized carbons (Fsp3) is 0.462. The minimum atomic E-state index is -0.259. The van der Waals surface area contributed by atoms with Crippen LogP contribution >= 0.6 is 0 Å². The molecule has 0 bridgehead atoms. The Morgan fingerprint density at radius 2 is 1.94 bits per heavy atom. The molecule has 0 spiro atoms. The minimum Gasteiger partial charge on any atom is -0.408 e. The second-order valence-electron chi connectivity index (χ2n) is 5.30. The van der Waals surface area contributed by atoms with Crippen molar-refractivity contribution in [3.05, 3.63) is 34.8 Å². The van der Waals surface area contributed by atoms with Gasteiger partial charge in [-0.05, 0) is 24.0 Å². The maximum atomic E-state index is 11.7. The van der Waals surface area contributed by atoms with Crippen molar-refractivity contribution in [1.29, 1.82) is 0 Å². The molecule has 0 saturated heterocycles. The van der Waals surface area contributed by atoms with Crippen molar-refractivity contribution in [3.8, 4) is 0 Å². The Morgan fingerprint density at radius 1 is 1.25 bits per heavy atom. The number of nitrogens with zero attached hydrogens (tertiary/aromatic N) is 1. The summed E-state index contributed by atoms with van der Waals surface area (Å²) in [6.45, 7) is 7.21. The molecule has 3 heteroatoms. The lowest BCUT2D eigenvalue weighted by Gasteiger charge is -2.17. The molecule has 1 aromatic heterocycles. The Morgan fingerprint density at radius 3 is 2.62 bits per heavy atom. The Kier molecular flexibility index (Phi) is 2.62. The van der Waals surface area contributed by atoms with E-state index in [-0.39, 0.29) is 11.2 Å². The number of hydrogen-bond acceptors (Lipinski definition) is 2. The normalized spacial score (nSPS) is 12.2. The van der Waals surface area contributed by atoms with Crippen molar-refractivity contribution in [2.45, 2.75) is 33.7 Å². The van der Waals surface area contributed by atoms with Crippen molar-refractivity contribution >= 4 is 11.1 Å². The van der Waals surface area contributed by atoms with E-state index in [0.29, 0.717) is 12.1 Å². The van der Waals surface area contributed by atoms with Gasteiger partial charge in [-0.2, -0.15) is 0 Å². The molecule has 16 heavy (non-hydrogen) atoms. The number of oxazole rings is 1. The number of aromatic nitrogens is 1. The number of fused-ring (bicyclic) bond motifs is 1. The van der Waals surface area contributed by atoms with E-state index in [0.717, 1.165) is 11.9 Å². The van der Waals surface area contributed by atoms with Crippen molar-refractivity contribution < 1.29 is 4.42 Å². The van der Waals surface area contributed by atoms with Crippen LogP contribution in [0.1, 0.15) is 27.2 Å². The molecule has 2 rings (SSSR count). The minimum absolute atomic E-state index is 0.220. The van der Waals surface area contributed by atoms with Gasteiger partial charge in [0.1, 0.15) is 0 Å². The van der Waals surface area contributed by atoms with Crippen LogP contribution in [-0.4, -0.2) is 4.57 Å². The lowest BCUT2D eigenvalue weighted by Crippen LogP contribution is -2.18. The summed E-state index contributed by atoms with van der Waals surface area (Å²) in [5, 5.41) is 0. The molecule has 2 aromatic rings. The van der Waals surface area contributed by atoms with E-state index in [4.69, 9.17) is 4.42 Å². The van der Waals surface area contributed by atoms with Crippen molar-refractivity contribution in [2.24, 2.45) is 5.41 Å². The zero-order valence-corrected chi connectivity index (χ0v) is 9.99. The van der Waals surface area contributed by atoms with Gasteiger partial charge in [-0.3, -0.25) is 4.57 Å². The van der Waals surface area contributed by atoms with Crippen LogP contribution < -0.4 is 5.76 Å². The third kappa shape index (κ3) is 2.18. The maximum Gasteiger partial charge on any atom is 0.419 e. The van der Waals surface area contributed by atoms with Gasteiger partial charge in [0.25, 0.3) is 0 Å². The highest BCUT2D eigenvalue weighted by Crippen LogP contribution is 2.20. The quantitative estimate of drug-likeness (QED) is 0.778. The lowest BCUT2D eigenvalue weighted by molar-refractivity contribution is 0.343. The number of rotatable bonds is 2. The topological polar surface area (TPSA) is 35.1 Å². The van der Waals surface area contributed by atoms with E-state index in [9.17, 15) is 4.79 Å². The Balaban J connectivity index is 2.37. The molecular weight excluding hydrogens is 202 g/mol. The predicted octanol–water partition coefficient (Wildman–Crippen LogP) is 3.03. The zero-order chi connectivity index (χ0) is 11.8. The van der Waals surface area contributed by atoms with Gasteiger partial charge >= 0.3 is 5.76 Å². The summed E-state index contributed by atoms with van der Waals surface area (Å²) in [6, 6.07) is 7.54. The summed E-state index contributed by atoms with van der Waals surface area (Å²) in [5.41, 5.74) is 1.77. The smallest absolute Gasteiger partial charge is 0.408 e. The van der Waals surface area contributed by atoms with E-state index in [1.54, 1.807) is 4.57 Å². The van der Waals surface area contributed by atoms with Crippen LogP contribution in [0.25, 0.3) is 11.1 Å². The Bertz CT molecular complexity index is 543. The molecule has 1 aromatic carbocycles. The molecule has 0 fully saturated rings. The van der Waals surface area contributed by atoms with E-state index in [1.165, 1.54) is 0 Å². The average Bonchev–Trinajstić information content (AvgIpc) is 2.49. The van der Waals surface area contributed by atoms with Gasteiger partial charge in [0.05, 0.1) is 5.52 Å². The highest BCUT2D eigenvalue weighted by atomic mass is 16.4. The van der Waals surface area contributed by atoms with Crippen molar-refractivity contribution in [1.82, 2.24) is 4.57 Å². The maximum absolute atomic E-state index is 11.7. The van der Waals surface area contributed by atoms with Gasteiger partial charge < -0.3 is 4.42 Å². The first-order chi connectivity index (χ1) is 7.47. The van der Waals surface area contributed by atoms with Gasteiger partial charge in [0.15, 0.2) is 5.58 Å². The summed E-state index contributed by atoms with van der Waals surface area (Å²) in [5.74, 6) is -0.259. The third-order valence-electron chi connectivity index (χ3n) is 2.66. The zero-order valence-electron chi connectivity index (χ0n) is 9.99. The van der Waals surface area contributed by atoms with Crippen LogP contribution in [0.2, 0.25) is 0 Å². The standard InChI is InChI=1S/C13H17NO2/c1-13(2,3)8-9-14-10-6-4-5-7-11(10)16-12(14)15/h4-7H,8-9H2,1-3H3. The SMILES string of the molecule is CC(C)(C)CCn1c(=O)oc2ccccc21. The summed E-state index contributed by atoms with van der Waals surface area (Å²) in [4.78, 5) is 11.7. The second kappa shape index (κ2) is 3.81. The van der Waals surface area contributed by atoms with Crippen LogP contribution in [-0.2, 0) is 6.54 Å². The van der Waals surface area contributed by atoms with Crippen LogP contribution in [0, 0.1) is 5.41 Å². The Labute approximate surface area is 94.7 Å². The number of aryl methyl sites for hydroxylation is 1. The van der Waals surface area contributed by atoms with Gasteiger partial charge in [0, 0.05) is 6.54 Å². The molecule has 0 atom stereocenters. The summed E-state index contributed by atoms with van der Waals surface area (Å²) in [7, 11) is 0. The monoisotopic (exact) mass is 219 g/mol. The van der Waals surface area contributed by atoms with Gasteiger partial charge in [-0.25, -0.2) is 4.79 Å². The molecule has 0 aliphatic rings. The van der Waals surface area contributed by atoms with Crippen LogP contribution in [0.4, 0.5) is 0 Å². The van der Waals surface area contributed by atoms with Gasteiger partial charge in [-0.1, -0.05) is 32.9 Å². The molecule has 3 nitrogen and oxygen atoms in total.